The van der Waals surface area contributed by atoms with Crippen molar-refractivity contribution in [2.45, 2.75) is 59.5 Å². The number of esters is 1. The molecular formula is C16H28O6. The Bertz CT molecular complexity index is 403. The molecule has 0 spiro atoms. The maximum Gasteiger partial charge on any atom is 0.310 e. The molecule has 6 nitrogen and oxygen atoms in total. The smallest absolute Gasteiger partial charge is 0.310 e. The van der Waals surface area contributed by atoms with Crippen molar-refractivity contribution in [2.24, 2.45) is 0 Å². The van der Waals surface area contributed by atoms with Gasteiger partial charge in [0.1, 0.15) is 0 Å². The van der Waals surface area contributed by atoms with Gasteiger partial charge in [0, 0.05) is 38.4 Å². The van der Waals surface area contributed by atoms with Crippen molar-refractivity contribution < 1.29 is 28.5 Å². The summed E-state index contributed by atoms with van der Waals surface area (Å²) in [5.74, 6) is -2.55. The van der Waals surface area contributed by atoms with E-state index in [1.165, 1.54) is 0 Å². The summed E-state index contributed by atoms with van der Waals surface area (Å²) in [5.41, 5.74) is 0.667. The molecule has 0 aliphatic heterocycles. The van der Waals surface area contributed by atoms with Gasteiger partial charge < -0.3 is 23.7 Å². The predicted molar refractivity (Wildman–Crippen MR) is 81.0 cm³/mol. The van der Waals surface area contributed by atoms with Crippen molar-refractivity contribution in [1.82, 2.24) is 0 Å². The van der Waals surface area contributed by atoms with Crippen LogP contribution in [0.2, 0.25) is 0 Å². The fourth-order valence-electron chi connectivity index (χ4n) is 2.68. The van der Waals surface area contributed by atoms with Crippen molar-refractivity contribution in [2.75, 3.05) is 26.4 Å². The van der Waals surface area contributed by atoms with Gasteiger partial charge in [0.05, 0.1) is 0 Å². The van der Waals surface area contributed by atoms with Crippen molar-refractivity contribution >= 4 is 5.97 Å². The van der Waals surface area contributed by atoms with Crippen LogP contribution in [-0.2, 0) is 28.5 Å². The van der Waals surface area contributed by atoms with Crippen LogP contribution in [0.1, 0.15) is 48.0 Å². The molecule has 0 amide bonds. The molecule has 0 saturated carbocycles. The van der Waals surface area contributed by atoms with Crippen LogP contribution < -0.4 is 0 Å². The molecule has 1 aliphatic rings. The molecule has 0 unspecified atom stereocenters. The molecule has 0 aromatic rings. The number of hydrogen-bond acceptors (Lipinski definition) is 6. The first-order valence-corrected chi connectivity index (χ1v) is 7.97. The summed E-state index contributed by atoms with van der Waals surface area (Å²) in [6.07, 6.45) is 0.265. The van der Waals surface area contributed by atoms with Gasteiger partial charge in [-0.2, -0.15) is 0 Å². The highest BCUT2D eigenvalue weighted by atomic mass is 16.8. The monoisotopic (exact) mass is 316 g/mol. The third-order valence-electron chi connectivity index (χ3n) is 3.46. The largest absolute Gasteiger partial charge is 0.425 e. The molecule has 0 fully saturated rings. The van der Waals surface area contributed by atoms with E-state index in [0.717, 1.165) is 0 Å². The predicted octanol–water partition coefficient (Wildman–Crippen LogP) is 2.77. The van der Waals surface area contributed by atoms with E-state index in [-0.39, 0.29) is 12.4 Å². The highest BCUT2D eigenvalue weighted by Crippen LogP contribution is 2.54. The average molecular weight is 316 g/mol. The van der Waals surface area contributed by atoms with Crippen LogP contribution in [0.25, 0.3) is 0 Å². The summed E-state index contributed by atoms with van der Waals surface area (Å²) in [7, 11) is 0. The summed E-state index contributed by atoms with van der Waals surface area (Å²) in [4.78, 5) is 11.7. The third-order valence-corrected chi connectivity index (χ3v) is 3.46. The average Bonchev–Trinajstić information content (AvgIpc) is 2.51. The minimum atomic E-state index is -1.35. The first kappa shape index (κ1) is 19.1. The molecule has 1 aliphatic carbocycles. The Kier molecular flexibility index (Phi) is 6.99. The van der Waals surface area contributed by atoms with E-state index in [4.69, 9.17) is 23.7 Å². The van der Waals surface area contributed by atoms with Crippen LogP contribution in [0, 0.1) is 0 Å². The van der Waals surface area contributed by atoms with Crippen LogP contribution in [-0.4, -0.2) is 44.0 Å². The van der Waals surface area contributed by atoms with Crippen molar-refractivity contribution in [3.63, 3.8) is 0 Å². The first-order valence-electron chi connectivity index (χ1n) is 7.97. The van der Waals surface area contributed by atoms with E-state index in [0.29, 0.717) is 37.8 Å². The third kappa shape index (κ3) is 2.93. The minimum Gasteiger partial charge on any atom is -0.425 e. The molecule has 128 valence electrons. The molecule has 0 N–H and O–H groups in total. The van der Waals surface area contributed by atoms with E-state index in [1.807, 2.05) is 27.7 Å². The van der Waals surface area contributed by atoms with Gasteiger partial charge in [0.15, 0.2) is 5.76 Å². The second-order valence-electron chi connectivity index (χ2n) is 4.75. The number of ether oxygens (including phenoxy) is 5. The molecule has 0 saturated heterocycles. The summed E-state index contributed by atoms with van der Waals surface area (Å²) < 4.78 is 28.9. The van der Waals surface area contributed by atoms with Gasteiger partial charge in [0.2, 0.25) is 0 Å². The first-order chi connectivity index (χ1) is 10.5. The lowest BCUT2D eigenvalue weighted by Crippen LogP contribution is -2.70. The van der Waals surface area contributed by atoms with E-state index in [2.05, 4.69) is 0 Å². The van der Waals surface area contributed by atoms with E-state index in [9.17, 15) is 4.79 Å². The Labute approximate surface area is 132 Å². The minimum absolute atomic E-state index is 0.265. The zero-order valence-corrected chi connectivity index (χ0v) is 14.5. The molecule has 0 heterocycles. The van der Waals surface area contributed by atoms with Crippen LogP contribution in [0.15, 0.2) is 11.3 Å². The molecule has 0 bridgehead atoms. The molecule has 1 rings (SSSR count). The number of carbonyl (C=O) groups excluding carboxylic acids is 1. The fourth-order valence-corrected chi connectivity index (χ4v) is 2.68. The standard InChI is InChI=1S/C16H28O6/c1-7-13(17)22-14-12(6)15(18-8-2,19-9-3)16(14,20-10-4)21-11-5/h7-11H2,1-6H3. The Morgan fingerprint density at radius 1 is 0.818 bits per heavy atom. The van der Waals surface area contributed by atoms with Crippen molar-refractivity contribution in [3.05, 3.63) is 11.3 Å². The van der Waals surface area contributed by atoms with Gasteiger partial charge in [-0.25, -0.2) is 0 Å². The second kappa shape index (κ2) is 8.06. The Hall–Kier alpha value is -0.950. The van der Waals surface area contributed by atoms with Crippen molar-refractivity contribution in [3.8, 4) is 0 Å². The maximum atomic E-state index is 11.7. The van der Waals surface area contributed by atoms with E-state index in [1.54, 1.807) is 13.8 Å². The van der Waals surface area contributed by atoms with Gasteiger partial charge in [-0.1, -0.05) is 6.92 Å². The summed E-state index contributed by atoms with van der Waals surface area (Å²) in [6, 6.07) is 0. The molecule has 0 atom stereocenters. The van der Waals surface area contributed by atoms with Crippen LogP contribution in [0.3, 0.4) is 0 Å². The van der Waals surface area contributed by atoms with E-state index < -0.39 is 11.6 Å². The Balaban J connectivity index is 3.34. The zero-order valence-electron chi connectivity index (χ0n) is 14.5. The lowest BCUT2D eigenvalue weighted by atomic mass is 9.81. The summed E-state index contributed by atoms with van der Waals surface area (Å²) >= 11 is 0. The van der Waals surface area contributed by atoms with E-state index >= 15 is 0 Å². The number of rotatable bonds is 10. The number of carbonyl (C=O) groups is 1. The van der Waals surface area contributed by atoms with Gasteiger partial charge in [-0.3, -0.25) is 4.79 Å². The highest BCUT2D eigenvalue weighted by Gasteiger charge is 2.71. The molecule has 0 aromatic carbocycles. The van der Waals surface area contributed by atoms with Crippen LogP contribution in [0.4, 0.5) is 0 Å². The SMILES string of the molecule is CCOC1(OCC)C(C)=C(OC(=O)CC)C1(OCC)OCC. The summed E-state index contributed by atoms with van der Waals surface area (Å²) in [5, 5.41) is 0. The van der Waals surface area contributed by atoms with Crippen LogP contribution >= 0.6 is 0 Å². The molecule has 0 aromatic heterocycles. The van der Waals surface area contributed by atoms with Gasteiger partial charge in [-0.15, -0.1) is 0 Å². The molecule has 22 heavy (non-hydrogen) atoms. The number of hydrogen-bond donors (Lipinski definition) is 0. The topological polar surface area (TPSA) is 63.2 Å². The van der Waals surface area contributed by atoms with Gasteiger partial charge >= 0.3 is 5.97 Å². The Morgan fingerprint density at radius 2 is 1.23 bits per heavy atom. The zero-order chi connectivity index (χ0) is 16.8. The summed E-state index contributed by atoms with van der Waals surface area (Å²) in [6.45, 7) is 12.5. The van der Waals surface area contributed by atoms with Crippen LogP contribution in [0.5, 0.6) is 0 Å². The molecule has 0 radical (unpaired) electrons. The quantitative estimate of drug-likeness (QED) is 0.456. The molecule has 6 heteroatoms. The lowest BCUT2D eigenvalue weighted by molar-refractivity contribution is -0.407. The fraction of sp³-hybridized carbons (Fsp3) is 0.812. The second-order valence-corrected chi connectivity index (χ2v) is 4.75. The molecular weight excluding hydrogens is 288 g/mol. The highest BCUT2D eigenvalue weighted by molar-refractivity contribution is 5.71. The maximum absolute atomic E-state index is 11.7. The van der Waals surface area contributed by atoms with Gasteiger partial charge in [0.25, 0.3) is 11.6 Å². The van der Waals surface area contributed by atoms with Crippen molar-refractivity contribution in [1.29, 1.82) is 0 Å². The lowest BCUT2D eigenvalue weighted by Gasteiger charge is -2.55. The van der Waals surface area contributed by atoms with Gasteiger partial charge in [-0.05, 0) is 34.6 Å². The normalized spacial score (nSPS) is 19.0. The Morgan fingerprint density at radius 3 is 1.59 bits per heavy atom.